The lowest BCUT2D eigenvalue weighted by Gasteiger charge is -2.29. The topological polar surface area (TPSA) is 107 Å². The molecule has 2 aromatic rings. The summed E-state index contributed by atoms with van der Waals surface area (Å²) in [6.07, 6.45) is 3.14. The third-order valence-electron chi connectivity index (χ3n) is 5.69. The smallest absolute Gasteiger partial charge is 0.258 e. The van der Waals surface area contributed by atoms with Gasteiger partial charge in [-0.3, -0.25) is 19.4 Å². The molecular weight excluding hydrogens is 370 g/mol. The molecule has 0 aliphatic carbocycles. The third kappa shape index (κ3) is 3.87. The van der Waals surface area contributed by atoms with Gasteiger partial charge in [-0.25, -0.2) is 0 Å². The molecule has 3 heterocycles. The quantitative estimate of drug-likeness (QED) is 0.740. The van der Waals surface area contributed by atoms with Crippen molar-refractivity contribution in [1.29, 1.82) is 0 Å². The Labute approximate surface area is 168 Å². The van der Waals surface area contributed by atoms with Crippen molar-refractivity contribution >= 4 is 29.3 Å². The summed E-state index contributed by atoms with van der Waals surface area (Å²) in [6.45, 7) is 5.58. The average Bonchev–Trinajstić information content (AvgIpc) is 2.70. The molecular formula is C21H25N5O3. The van der Waals surface area contributed by atoms with Crippen molar-refractivity contribution in [3.8, 4) is 0 Å². The van der Waals surface area contributed by atoms with Crippen molar-refractivity contribution in [1.82, 2.24) is 9.97 Å². The first kappa shape index (κ1) is 19.2. The van der Waals surface area contributed by atoms with E-state index in [1.54, 1.807) is 0 Å². The van der Waals surface area contributed by atoms with Gasteiger partial charge in [0.25, 0.3) is 5.56 Å². The maximum absolute atomic E-state index is 12.9. The number of amides is 2. The van der Waals surface area contributed by atoms with Crippen molar-refractivity contribution in [2.75, 3.05) is 28.6 Å². The summed E-state index contributed by atoms with van der Waals surface area (Å²) in [7, 11) is 0. The van der Waals surface area contributed by atoms with E-state index in [0.717, 1.165) is 43.5 Å². The second-order valence-electron chi connectivity index (χ2n) is 7.79. The highest BCUT2D eigenvalue weighted by Crippen LogP contribution is 2.30. The number of carbonyl (C=O) groups is 2. The van der Waals surface area contributed by atoms with Crippen LogP contribution >= 0.6 is 0 Å². The summed E-state index contributed by atoms with van der Waals surface area (Å²) in [4.78, 5) is 47.3. The SMILES string of the molecule is Cc1ccc(NC(=O)[C@@H]2CC(=O)Nc3nc(N4CCCCC4)[nH]c(=O)c32)cc1C. The molecule has 0 saturated carbocycles. The van der Waals surface area contributed by atoms with Crippen molar-refractivity contribution in [3.05, 3.63) is 45.2 Å². The zero-order valence-corrected chi connectivity index (χ0v) is 16.7. The highest BCUT2D eigenvalue weighted by atomic mass is 16.2. The number of aromatic amines is 1. The molecule has 3 N–H and O–H groups in total. The standard InChI is InChI=1S/C21H25N5O3/c1-12-6-7-14(10-13(12)2)22-19(28)15-11-16(27)23-18-17(15)20(29)25-21(24-18)26-8-4-3-5-9-26/h6-7,10,15H,3-5,8-9,11H2,1-2H3,(H,22,28)(H2,23,24,25,27,29)/t15-/m1/s1. The number of hydrogen-bond acceptors (Lipinski definition) is 5. The van der Waals surface area contributed by atoms with Gasteiger partial charge in [-0.15, -0.1) is 0 Å². The molecule has 1 atom stereocenters. The van der Waals surface area contributed by atoms with Crippen LogP contribution in [0.25, 0.3) is 0 Å². The normalized spacial score (nSPS) is 18.8. The molecule has 2 aliphatic rings. The van der Waals surface area contributed by atoms with Crippen LogP contribution in [0.15, 0.2) is 23.0 Å². The number of H-pyrrole nitrogens is 1. The number of piperidine rings is 1. The van der Waals surface area contributed by atoms with E-state index in [1.807, 2.05) is 36.9 Å². The van der Waals surface area contributed by atoms with E-state index < -0.39 is 5.92 Å². The molecule has 8 heteroatoms. The maximum Gasteiger partial charge on any atom is 0.258 e. The van der Waals surface area contributed by atoms with Crippen molar-refractivity contribution in [2.45, 2.75) is 45.4 Å². The van der Waals surface area contributed by atoms with Gasteiger partial charge in [-0.1, -0.05) is 6.07 Å². The van der Waals surface area contributed by atoms with Gasteiger partial charge in [0.15, 0.2) is 0 Å². The van der Waals surface area contributed by atoms with Crippen molar-refractivity contribution in [2.24, 2.45) is 0 Å². The number of benzene rings is 1. The summed E-state index contributed by atoms with van der Waals surface area (Å²) in [5.74, 6) is -0.954. The molecule has 1 aromatic carbocycles. The summed E-state index contributed by atoms with van der Waals surface area (Å²) < 4.78 is 0. The van der Waals surface area contributed by atoms with Gasteiger partial charge in [0, 0.05) is 25.2 Å². The average molecular weight is 395 g/mol. The van der Waals surface area contributed by atoms with E-state index in [4.69, 9.17) is 0 Å². The molecule has 2 aliphatic heterocycles. The number of hydrogen-bond donors (Lipinski definition) is 3. The van der Waals surface area contributed by atoms with Crippen LogP contribution in [0.5, 0.6) is 0 Å². The van der Waals surface area contributed by atoms with Crippen LogP contribution in [-0.4, -0.2) is 34.9 Å². The number of carbonyl (C=O) groups excluding carboxylic acids is 2. The lowest BCUT2D eigenvalue weighted by atomic mass is 9.92. The minimum Gasteiger partial charge on any atom is -0.342 e. The monoisotopic (exact) mass is 395 g/mol. The van der Waals surface area contributed by atoms with Gasteiger partial charge in [0.1, 0.15) is 5.82 Å². The highest BCUT2D eigenvalue weighted by Gasteiger charge is 2.35. The molecule has 2 amide bonds. The number of aryl methyl sites for hydroxylation is 2. The Balaban J connectivity index is 1.64. The lowest BCUT2D eigenvalue weighted by molar-refractivity contribution is -0.123. The Hall–Kier alpha value is -3.16. The van der Waals surface area contributed by atoms with E-state index in [0.29, 0.717) is 11.6 Å². The minimum atomic E-state index is -0.882. The summed E-state index contributed by atoms with van der Waals surface area (Å²) in [6, 6.07) is 5.61. The van der Waals surface area contributed by atoms with Gasteiger partial charge in [-0.2, -0.15) is 4.98 Å². The van der Waals surface area contributed by atoms with Crippen molar-refractivity contribution in [3.63, 3.8) is 0 Å². The zero-order valence-electron chi connectivity index (χ0n) is 16.7. The van der Waals surface area contributed by atoms with Crippen LogP contribution in [0, 0.1) is 13.8 Å². The number of fused-ring (bicyclic) bond motifs is 1. The lowest BCUT2D eigenvalue weighted by Crippen LogP contribution is -2.38. The Morgan fingerprint density at radius 2 is 1.90 bits per heavy atom. The number of rotatable bonds is 3. The molecule has 152 valence electrons. The van der Waals surface area contributed by atoms with E-state index in [9.17, 15) is 14.4 Å². The second-order valence-corrected chi connectivity index (χ2v) is 7.79. The van der Waals surface area contributed by atoms with Gasteiger partial charge in [0.2, 0.25) is 17.8 Å². The first-order valence-electron chi connectivity index (χ1n) is 9.99. The molecule has 0 radical (unpaired) electrons. The molecule has 4 rings (SSSR count). The van der Waals surface area contributed by atoms with Gasteiger partial charge >= 0.3 is 0 Å². The van der Waals surface area contributed by atoms with Crippen LogP contribution in [0.4, 0.5) is 17.5 Å². The van der Waals surface area contributed by atoms with Gasteiger partial charge in [0.05, 0.1) is 11.5 Å². The van der Waals surface area contributed by atoms with Crippen LogP contribution in [0.3, 0.4) is 0 Å². The molecule has 29 heavy (non-hydrogen) atoms. The summed E-state index contributed by atoms with van der Waals surface area (Å²) >= 11 is 0. The first-order valence-corrected chi connectivity index (χ1v) is 9.99. The molecule has 0 bridgehead atoms. The van der Waals surface area contributed by atoms with E-state index in [2.05, 4.69) is 20.6 Å². The van der Waals surface area contributed by atoms with Crippen LogP contribution in [0.2, 0.25) is 0 Å². The predicted molar refractivity (Wildman–Crippen MR) is 111 cm³/mol. The Morgan fingerprint density at radius 1 is 1.14 bits per heavy atom. The van der Waals surface area contributed by atoms with Crippen molar-refractivity contribution < 1.29 is 9.59 Å². The van der Waals surface area contributed by atoms with E-state index in [-0.39, 0.29) is 35.2 Å². The minimum absolute atomic E-state index is 0.0858. The first-order chi connectivity index (χ1) is 13.9. The fourth-order valence-corrected chi connectivity index (χ4v) is 3.89. The Morgan fingerprint density at radius 3 is 2.62 bits per heavy atom. The van der Waals surface area contributed by atoms with E-state index >= 15 is 0 Å². The second kappa shape index (κ2) is 7.69. The highest BCUT2D eigenvalue weighted by molar-refractivity contribution is 6.04. The molecule has 8 nitrogen and oxygen atoms in total. The van der Waals surface area contributed by atoms with Crippen LogP contribution in [-0.2, 0) is 9.59 Å². The number of nitrogens with zero attached hydrogens (tertiary/aromatic N) is 2. The number of aromatic nitrogens is 2. The third-order valence-corrected chi connectivity index (χ3v) is 5.69. The fraction of sp³-hybridized carbons (Fsp3) is 0.429. The largest absolute Gasteiger partial charge is 0.342 e. The van der Waals surface area contributed by atoms with Crippen LogP contribution in [0.1, 0.15) is 48.3 Å². The molecule has 1 aromatic heterocycles. The molecule has 0 unspecified atom stereocenters. The Bertz CT molecular complexity index is 1020. The molecule has 1 fully saturated rings. The van der Waals surface area contributed by atoms with Gasteiger partial charge in [-0.05, 0) is 56.4 Å². The van der Waals surface area contributed by atoms with Gasteiger partial charge < -0.3 is 15.5 Å². The summed E-state index contributed by atoms with van der Waals surface area (Å²) in [5, 5.41) is 5.51. The number of nitrogens with one attached hydrogen (secondary N) is 3. The van der Waals surface area contributed by atoms with Crippen LogP contribution < -0.4 is 21.1 Å². The Kier molecular flexibility index (Phi) is 5.08. The number of anilines is 3. The molecule has 0 spiro atoms. The fourth-order valence-electron chi connectivity index (χ4n) is 3.89. The van der Waals surface area contributed by atoms with E-state index in [1.165, 1.54) is 0 Å². The maximum atomic E-state index is 12.9. The summed E-state index contributed by atoms with van der Waals surface area (Å²) in [5.41, 5.74) is 2.65. The predicted octanol–water partition coefficient (Wildman–Crippen LogP) is 2.44. The zero-order chi connectivity index (χ0) is 20.5. The molecule has 1 saturated heterocycles.